The standard InChI is InChI=1S/5Gd.4Sn. The average molecular weight is 1260 g/mol. The van der Waals surface area contributed by atoms with Gasteiger partial charge in [-0.1, -0.05) is 0 Å². The first kappa shape index (κ1) is 62.0. The molecule has 0 aromatic carbocycles. The molecule has 56 valence electrons. The third-order valence-corrected chi connectivity index (χ3v) is 0. The summed E-state index contributed by atoms with van der Waals surface area (Å²) in [6, 6.07) is 0. The quantitative estimate of drug-likeness (QED) is 0.259. The van der Waals surface area contributed by atoms with Crippen molar-refractivity contribution in [2.45, 2.75) is 0 Å². The van der Waals surface area contributed by atoms with E-state index in [1.807, 2.05) is 0 Å². The van der Waals surface area contributed by atoms with Gasteiger partial charge in [0.05, 0.1) is 0 Å². The van der Waals surface area contributed by atoms with Gasteiger partial charge in [0.15, 0.2) is 0 Å². The molecule has 0 bridgehead atoms. The summed E-state index contributed by atoms with van der Waals surface area (Å²) >= 11 is 0. The SMILES string of the molecule is [Gd].[Gd].[Gd].[Gd].[Gd].[Sn].[Sn].[Sn].[Sn]. The Bertz CT molecular complexity index is 8.92. The zero-order chi connectivity index (χ0) is 0. The molecular weight excluding hydrogens is 1260 g/mol. The van der Waals surface area contributed by atoms with E-state index in [1.165, 1.54) is 0 Å². The number of hydrogen-bond donors (Lipinski definition) is 0. The second kappa shape index (κ2) is 52.3. The van der Waals surface area contributed by atoms with Crippen LogP contribution >= 0.6 is 0 Å². The molecule has 0 aromatic heterocycles. The predicted octanol–water partition coefficient (Wildman–Crippen LogP) is -1.52. The smallest absolute Gasteiger partial charge is 0 e. The molecule has 0 heterocycles. The van der Waals surface area contributed by atoms with Gasteiger partial charge in [0, 0.05) is 295 Å². The molecule has 0 unspecified atom stereocenters. The van der Waals surface area contributed by atoms with Crippen LogP contribution in [0.2, 0.25) is 0 Å². The van der Waals surface area contributed by atoms with Crippen molar-refractivity contribution in [2.75, 3.05) is 0 Å². The minimum absolute atomic E-state index is 0. The second-order valence-electron chi connectivity index (χ2n) is 0. The summed E-state index contributed by atoms with van der Waals surface area (Å²) < 4.78 is 0. The van der Waals surface area contributed by atoms with Crippen molar-refractivity contribution < 1.29 is 200 Å². The fourth-order valence-electron chi connectivity index (χ4n) is 0. The molecular formula is Gd5Sn4. The van der Waals surface area contributed by atoms with E-state index in [0.717, 1.165) is 0 Å². The van der Waals surface area contributed by atoms with E-state index in [4.69, 9.17) is 0 Å². The first-order chi connectivity index (χ1) is 0. The topological polar surface area (TPSA) is 0 Å². The largest absolute Gasteiger partial charge is 0 e. The fourth-order valence-corrected chi connectivity index (χ4v) is 0. The van der Waals surface area contributed by atoms with Crippen molar-refractivity contribution in [3.05, 3.63) is 0 Å². The van der Waals surface area contributed by atoms with E-state index in [2.05, 4.69) is 0 Å². The van der Waals surface area contributed by atoms with Crippen LogP contribution in [0, 0.1) is 200 Å². The Hall–Kier alpha value is 9.82. The Labute approximate surface area is 285 Å². The first-order valence-electron chi connectivity index (χ1n) is 0. The molecule has 16 radical (unpaired) electrons. The van der Waals surface area contributed by atoms with Crippen molar-refractivity contribution in [3.8, 4) is 0 Å². The summed E-state index contributed by atoms with van der Waals surface area (Å²) in [7, 11) is 0. The van der Waals surface area contributed by atoms with Crippen LogP contribution in [0.25, 0.3) is 0 Å². The summed E-state index contributed by atoms with van der Waals surface area (Å²) in [6.07, 6.45) is 0. The van der Waals surface area contributed by atoms with E-state index in [-0.39, 0.29) is 295 Å². The molecule has 0 aliphatic rings. The minimum atomic E-state index is 0. The third-order valence-electron chi connectivity index (χ3n) is 0. The molecule has 0 fully saturated rings. The van der Waals surface area contributed by atoms with E-state index in [9.17, 15) is 0 Å². The molecule has 0 atom stereocenters. The molecule has 0 spiro atoms. The van der Waals surface area contributed by atoms with E-state index in [0.29, 0.717) is 0 Å². The number of rotatable bonds is 0. The zero-order valence-corrected chi connectivity index (χ0v) is 26.5. The summed E-state index contributed by atoms with van der Waals surface area (Å²) in [5.74, 6) is 0. The Balaban J connectivity index is 0. The Morgan fingerprint density at radius 2 is 0.222 bits per heavy atom. The zero-order valence-electron chi connectivity index (χ0n) is 3.77. The summed E-state index contributed by atoms with van der Waals surface area (Å²) in [6.45, 7) is 0. The molecule has 0 aromatic rings. The maximum Gasteiger partial charge on any atom is 0 e. The predicted molar refractivity (Wildman–Crippen MR) is 23.0 cm³/mol. The average Bonchev–Trinajstić information content (AvgIpc) is 0. The van der Waals surface area contributed by atoms with Crippen LogP contribution in [-0.4, -0.2) is 95.6 Å². The summed E-state index contributed by atoms with van der Waals surface area (Å²) in [4.78, 5) is 0. The molecule has 9 heavy (non-hydrogen) atoms. The van der Waals surface area contributed by atoms with Gasteiger partial charge in [-0.2, -0.15) is 0 Å². The molecule has 0 nitrogen and oxygen atoms in total. The van der Waals surface area contributed by atoms with Crippen LogP contribution in [0.5, 0.6) is 0 Å². The van der Waals surface area contributed by atoms with Crippen LogP contribution in [-0.2, 0) is 0 Å². The third kappa shape index (κ3) is 46.3. The van der Waals surface area contributed by atoms with Crippen LogP contribution < -0.4 is 0 Å². The summed E-state index contributed by atoms with van der Waals surface area (Å²) in [5, 5.41) is 0. The Kier molecular flexibility index (Phi) is 360. The molecule has 0 aliphatic carbocycles. The van der Waals surface area contributed by atoms with E-state index < -0.39 is 0 Å². The van der Waals surface area contributed by atoms with Crippen LogP contribution in [0.1, 0.15) is 0 Å². The molecule has 0 amide bonds. The van der Waals surface area contributed by atoms with Gasteiger partial charge in [0.25, 0.3) is 0 Å². The van der Waals surface area contributed by atoms with Gasteiger partial charge >= 0.3 is 0 Å². The van der Waals surface area contributed by atoms with E-state index >= 15 is 0 Å². The Morgan fingerprint density at radius 1 is 0.222 bits per heavy atom. The van der Waals surface area contributed by atoms with Crippen LogP contribution in [0.15, 0.2) is 0 Å². The van der Waals surface area contributed by atoms with Crippen LogP contribution in [0.3, 0.4) is 0 Å². The Morgan fingerprint density at radius 3 is 0.222 bits per heavy atom. The van der Waals surface area contributed by atoms with Crippen molar-refractivity contribution in [3.63, 3.8) is 0 Å². The molecule has 0 saturated heterocycles. The summed E-state index contributed by atoms with van der Waals surface area (Å²) in [5.41, 5.74) is 0. The minimum Gasteiger partial charge on any atom is 0 e. The van der Waals surface area contributed by atoms with E-state index in [1.54, 1.807) is 0 Å². The van der Waals surface area contributed by atoms with Gasteiger partial charge in [0.1, 0.15) is 0 Å². The van der Waals surface area contributed by atoms with Gasteiger partial charge in [-0.05, 0) is 0 Å². The number of hydrogen-bond acceptors (Lipinski definition) is 0. The fraction of sp³-hybridized carbons (Fsp3) is 0. The molecule has 0 rings (SSSR count). The van der Waals surface area contributed by atoms with Gasteiger partial charge in [-0.25, -0.2) is 0 Å². The molecule has 0 N–H and O–H groups in total. The molecule has 0 saturated carbocycles. The van der Waals surface area contributed by atoms with Crippen molar-refractivity contribution in [1.29, 1.82) is 0 Å². The maximum atomic E-state index is 0. The van der Waals surface area contributed by atoms with Crippen molar-refractivity contribution in [2.24, 2.45) is 0 Å². The maximum absolute atomic E-state index is 0. The molecule has 9 heteroatoms. The monoisotopic (exact) mass is 1270 g/mol. The van der Waals surface area contributed by atoms with Gasteiger partial charge < -0.3 is 0 Å². The van der Waals surface area contributed by atoms with Crippen molar-refractivity contribution in [1.82, 2.24) is 0 Å². The normalized spacial score (nSPS) is 0. The van der Waals surface area contributed by atoms with Gasteiger partial charge in [0.2, 0.25) is 0 Å². The van der Waals surface area contributed by atoms with Crippen LogP contribution in [0.4, 0.5) is 0 Å². The second-order valence-corrected chi connectivity index (χ2v) is 0. The molecule has 0 aliphatic heterocycles. The van der Waals surface area contributed by atoms with Crippen molar-refractivity contribution >= 4 is 95.6 Å². The first-order valence-corrected chi connectivity index (χ1v) is 0. The van der Waals surface area contributed by atoms with Gasteiger partial charge in [-0.15, -0.1) is 0 Å². The van der Waals surface area contributed by atoms with Gasteiger partial charge in [-0.3, -0.25) is 0 Å².